The third-order valence-electron chi connectivity index (χ3n) is 3.54. The molecule has 0 aromatic heterocycles. The van der Waals surface area contributed by atoms with Crippen LogP contribution in [0, 0.1) is 5.92 Å². The Bertz CT molecular complexity index is 530. The van der Waals surface area contributed by atoms with E-state index in [9.17, 15) is 19.8 Å². The van der Waals surface area contributed by atoms with Crippen LogP contribution in [-0.2, 0) is 4.79 Å². The second kappa shape index (κ2) is 5.81. The molecule has 1 unspecified atom stereocenters. The number of carbonyl (C=O) groups excluding carboxylic acids is 2. The number of nitrogens with zero attached hydrogens (tertiary/aromatic N) is 1. The fraction of sp³-hybridized carbons (Fsp3) is 0.429. The molecule has 2 amide bonds. The van der Waals surface area contributed by atoms with Crippen LogP contribution in [0.4, 0.5) is 0 Å². The summed E-state index contributed by atoms with van der Waals surface area (Å²) in [5, 5.41) is 21.7. The molecule has 1 aromatic rings. The highest BCUT2D eigenvalue weighted by atomic mass is 16.3. The van der Waals surface area contributed by atoms with Gasteiger partial charge in [0.15, 0.2) is 0 Å². The fourth-order valence-corrected chi connectivity index (χ4v) is 2.45. The number of rotatable bonds is 2. The van der Waals surface area contributed by atoms with Crippen molar-refractivity contribution >= 4 is 11.8 Å². The number of hydrogen-bond acceptors (Lipinski definition) is 4. The molecule has 1 aromatic carbocycles. The number of phenolic OH excluding ortho intramolecular Hbond substituents is 2. The Balaban J connectivity index is 2.16. The van der Waals surface area contributed by atoms with Gasteiger partial charge >= 0.3 is 0 Å². The second-order valence-electron chi connectivity index (χ2n) is 4.91. The van der Waals surface area contributed by atoms with E-state index in [4.69, 9.17) is 0 Å². The predicted octanol–water partition coefficient (Wildman–Crippen LogP) is 0.696. The van der Waals surface area contributed by atoms with Crippen molar-refractivity contribution in [2.75, 3.05) is 20.1 Å². The third kappa shape index (κ3) is 2.84. The summed E-state index contributed by atoms with van der Waals surface area (Å²) in [4.78, 5) is 25.5. The first-order valence-corrected chi connectivity index (χ1v) is 6.55. The number of aromatic hydroxyl groups is 2. The van der Waals surface area contributed by atoms with E-state index in [0.717, 1.165) is 12.8 Å². The van der Waals surface area contributed by atoms with E-state index in [2.05, 4.69) is 5.32 Å². The molecule has 6 heteroatoms. The highest BCUT2D eigenvalue weighted by Gasteiger charge is 2.29. The zero-order valence-corrected chi connectivity index (χ0v) is 11.3. The Labute approximate surface area is 117 Å². The molecule has 0 aliphatic carbocycles. The molecular weight excluding hydrogens is 260 g/mol. The molecule has 3 N–H and O–H groups in total. The van der Waals surface area contributed by atoms with Crippen LogP contribution in [0.1, 0.15) is 23.2 Å². The summed E-state index contributed by atoms with van der Waals surface area (Å²) in [7, 11) is 1.57. The molecule has 0 bridgehead atoms. The SMILES string of the molecule is CNC(=O)C1CCCN(C(=O)c2cc(O)ccc2O)C1. The number of piperidine rings is 1. The number of nitrogens with one attached hydrogen (secondary N) is 1. The van der Waals surface area contributed by atoms with Gasteiger partial charge in [0, 0.05) is 20.1 Å². The van der Waals surface area contributed by atoms with Gasteiger partial charge in [-0.25, -0.2) is 0 Å². The average Bonchev–Trinajstić information content (AvgIpc) is 2.48. The predicted molar refractivity (Wildman–Crippen MR) is 72.5 cm³/mol. The summed E-state index contributed by atoms with van der Waals surface area (Å²) in [6.45, 7) is 0.870. The summed E-state index contributed by atoms with van der Waals surface area (Å²) < 4.78 is 0. The maximum Gasteiger partial charge on any atom is 0.257 e. The Kier molecular flexibility index (Phi) is 4.12. The number of likely N-dealkylation sites (tertiary alicyclic amines) is 1. The first-order chi connectivity index (χ1) is 9.52. The van der Waals surface area contributed by atoms with Crippen molar-refractivity contribution in [3.63, 3.8) is 0 Å². The number of amides is 2. The lowest BCUT2D eigenvalue weighted by Gasteiger charge is -2.32. The van der Waals surface area contributed by atoms with Crippen molar-refractivity contribution in [1.29, 1.82) is 0 Å². The Morgan fingerprint density at radius 1 is 1.35 bits per heavy atom. The zero-order valence-electron chi connectivity index (χ0n) is 11.3. The Morgan fingerprint density at radius 3 is 2.80 bits per heavy atom. The number of benzene rings is 1. The van der Waals surface area contributed by atoms with Gasteiger partial charge in [0.1, 0.15) is 11.5 Å². The molecule has 1 aliphatic heterocycles. The lowest BCUT2D eigenvalue weighted by Crippen LogP contribution is -2.44. The minimum Gasteiger partial charge on any atom is -0.508 e. The number of phenols is 2. The summed E-state index contributed by atoms with van der Waals surface area (Å²) in [6.07, 6.45) is 1.48. The van der Waals surface area contributed by atoms with E-state index in [-0.39, 0.29) is 34.8 Å². The third-order valence-corrected chi connectivity index (χ3v) is 3.54. The van der Waals surface area contributed by atoms with Gasteiger partial charge in [-0.3, -0.25) is 9.59 Å². The standard InChI is InChI=1S/C14H18N2O4/c1-15-13(19)9-3-2-6-16(8-9)14(20)11-7-10(17)4-5-12(11)18/h4-5,7,9,17-18H,2-3,6,8H2,1H3,(H,15,19). The number of carbonyl (C=O) groups is 2. The zero-order chi connectivity index (χ0) is 14.7. The summed E-state index contributed by atoms with van der Waals surface area (Å²) in [6, 6.07) is 3.83. The molecule has 20 heavy (non-hydrogen) atoms. The van der Waals surface area contributed by atoms with Crippen LogP contribution < -0.4 is 5.32 Å². The van der Waals surface area contributed by atoms with Gasteiger partial charge in [-0.2, -0.15) is 0 Å². The van der Waals surface area contributed by atoms with Gasteiger partial charge in [0.2, 0.25) is 5.91 Å². The van der Waals surface area contributed by atoms with Crippen LogP contribution in [0.2, 0.25) is 0 Å². The molecule has 0 saturated carbocycles. The maximum atomic E-state index is 12.4. The van der Waals surface area contributed by atoms with Crippen LogP contribution >= 0.6 is 0 Å². The molecule has 1 heterocycles. The first-order valence-electron chi connectivity index (χ1n) is 6.55. The fourth-order valence-electron chi connectivity index (χ4n) is 2.45. The maximum absolute atomic E-state index is 12.4. The topological polar surface area (TPSA) is 89.9 Å². The van der Waals surface area contributed by atoms with Gasteiger partial charge in [0.05, 0.1) is 11.5 Å². The van der Waals surface area contributed by atoms with E-state index in [0.29, 0.717) is 13.1 Å². The Hall–Kier alpha value is -2.24. The number of hydrogen-bond donors (Lipinski definition) is 3. The van der Waals surface area contributed by atoms with Gasteiger partial charge in [-0.1, -0.05) is 0 Å². The summed E-state index contributed by atoms with van der Waals surface area (Å²) in [5.74, 6) is -0.923. The van der Waals surface area contributed by atoms with E-state index in [1.807, 2.05) is 0 Å². The van der Waals surface area contributed by atoms with E-state index >= 15 is 0 Å². The highest BCUT2D eigenvalue weighted by molar-refractivity contribution is 5.97. The monoisotopic (exact) mass is 278 g/mol. The van der Waals surface area contributed by atoms with Crippen LogP contribution in [0.25, 0.3) is 0 Å². The molecule has 1 fully saturated rings. The lowest BCUT2D eigenvalue weighted by molar-refractivity contribution is -0.125. The van der Waals surface area contributed by atoms with Gasteiger partial charge in [0.25, 0.3) is 5.91 Å². The minimum atomic E-state index is -0.369. The molecule has 6 nitrogen and oxygen atoms in total. The molecule has 0 radical (unpaired) electrons. The average molecular weight is 278 g/mol. The molecule has 0 spiro atoms. The molecular formula is C14H18N2O4. The van der Waals surface area contributed by atoms with Crippen LogP contribution in [0.15, 0.2) is 18.2 Å². The van der Waals surface area contributed by atoms with Crippen LogP contribution in [0.3, 0.4) is 0 Å². The first kappa shape index (κ1) is 14.2. The largest absolute Gasteiger partial charge is 0.508 e. The second-order valence-corrected chi connectivity index (χ2v) is 4.91. The summed E-state index contributed by atoms with van der Waals surface area (Å²) >= 11 is 0. The molecule has 1 aliphatic rings. The van der Waals surface area contributed by atoms with Gasteiger partial charge in [-0.15, -0.1) is 0 Å². The van der Waals surface area contributed by atoms with Crippen LogP contribution in [0.5, 0.6) is 11.5 Å². The molecule has 1 saturated heterocycles. The van der Waals surface area contributed by atoms with Crippen molar-refractivity contribution in [3.8, 4) is 11.5 Å². The summed E-state index contributed by atoms with van der Waals surface area (Å²) in [5.41, 5.74) is 0.0579. The van der Waals surface area contributed by atoms with E-state index < -0.39 is 0 Å². The molecule has 1 atom stereocenters. The van der Waals surface area contributed by atoms with Crippen LogP contribution in [-0.4, -0.2) is 47.1 Å². The highest BCUT2D eigenvalue weighted by Crippen LogP contribution is 2.26. The van der Waals surface area contributed by atoms with Gasteiger partial charge in [-0.05, 0) is 31.0 Å². The van der Waals surface area contributed by atoms with Crippen molar-refractivity contribution in [3.05, 3.63) is 23.8 Å². The normalized spacial score (nSPS) is 18.6. The van der Waals surface area contributed by atoms with Crippen molar-refractivity contribution in [2.24, 2.45) is 5.92 Å². The van der Waals surface area contributed by atoms with E-state index in [1.54, 1.807) is 7.05 Å². The van der Waals surface area contributed by atoms with E-state index in [1.165, 1.54) is 23.1 Å². The van der Waals surface area contributed by atoms with Crippen molar-refractivity contribution in [2.45, 2.75) is 12.8 Å². The lowest BCUT2D eigenvalue weighted by atomic mass is 9.96. The smallest absolute Gasteiger partial charge is 0.257 e. The minimum absolute atomic E-state index is 0.0579. The quantitative estimate of drug-likeness (QED) is 0.694. The van der Waals surface area contributed by atoms with Crippen molar-refractivity contribution in [1.82, 2.24) is 10.2 Å². The molecule has 2 rings (SSSR count). The van der Waals surface area contributed by atoms with Crippen molar-refractivity contribution < 1.29 is 19.8 Å². The van der Waals surface area contributed by atoms with Gasteiger partial charge < -0.3 is 20.4 Å². The Morgan fingerprint density at radius 2 is 2.10 bits per heavy atom. The molecule has 108 valence electrons.